The highest BCUT2D eigenvalue weighted by Crippen LogP contribution is 1.76. The van der Waals surface area contributed by atoms with Crippen molar-refractivity contribution in [1.82, 2.24) is 26.3 Å². The highest BCUT2D eigenvalue weighted by atomic mass is 15.0. The van der Waals surface area contributed by atoms with Crippen molar-refractivity contribution in [3.63, 3.8) is 0 Å². The first-order chi connectivity index (χ1) is 10.0. The molecule has 0 amide bonds. The summed E-state index contributed by atoms with van der Waals surface area (Å²) in [6, 6.07) is 5.72. The molecule has 1 fully saturated rings. The van der Waals surface area contributed by atoms with E-state index in [2.05, 4.69) is 26.3 Å². The standard InChI is InChI=1S/C10H24N4.C5H5N/c1-3-11-7-9-13-5-2-6-14-10-8-12-4-1;1-2-4-6-5-3-1/h11-14H,1-10H2;1-5H. The van der Waals surface area contributed by atoms with E-state index in [4.69, 9.17) is 0 Å². The number of hydrogen-bond acceptors (Lipinski definition) is 5. The fourth-order valence-corrected chi connectivity index (χ4v) is 1.84. The number of aromatic nitrogens is 1. The highest BCUT2D eigenvalue weighted by Gasteiger charge is 1.93. The molecule has 2 rings (SSSR count). The highest BCUT2D eigenvalue weighted by molar-refractivity contribution is 4.88. The van der Waals surface area contributed by atoms with Crippen LogP contribution in [-0.2, 0) is 0 Å². The van der Waals surface area contributed by atoms with Crippen molar-refractivity contribution in [1.29, 1.82) is 0 Å². The van der Waals surface area contributed by atoms with Crippen LogP contribution in [0.15, 0.2) is 30.6 Å². The zero-order valence-corrected chi connectivity index (χ0v) is 12.4. The molecular formula is C15H29N5. The molecule has 0 spiro atoms. The van der Waals surface area contributed by atoms with E-state index in [1.807, 2.05) is 18.2 Å². The lowest BCUT2D eigenvalue weighted by Crippen LogP contribution is -2.34. The van der Waals surface area contributed by atoms with Crippen molar-refractivity contribution in [2.75, 3.05) is 52.4 Å². The molecule has 0 radical (unpaired) electrons. The minimum atomic E-state index is 1.09. The summed E-state index contributed by atoms with van der Waals surface area (Å²) in [4.78, 5) is 3.78. The number of nitrogens with zero attached hydrogens (tertiary/aromatic N) is 1. The van der Waals surface area contributed by atoms with Gasteiger partial charge in [-0.25, -0.2) is 0 Å². The first-order valence-corrected chi connectivity index (χ1v) is 7.68. The van der Waals surface area contributed by atoms with Gasteiger partial charge in [-0.05, 0) is 51.2 Å². The van der Waals surface area contributed by atoms with E-state index in [1.54, 1.807) is 12.4 Å². The maximum Gasteiger partial charge on any atom is 0.0267 e. The average Bonchev–Trinajstić information content (AvgIpc) is 2.52. The fourth-order valence-electron chi connectivity index (χ4n) is 1.84. The first-order valence-electron chi connectivity index (χ1n) is 7.68. The Kier molecular flexibility index (Phi) is 12.3. The van der Waals surface area contributed by atoms with E-state index in [1.165, 1.54) is 12.8 Å². The third-order valence-electron chi connectivity index (χ3n) is 2.94. The van der Waals surface area contributed by atoms with Crippen molar-refractivity contribution >= 4 is 0 Å². The van der Waals surface area contributed by atoms with E-state index in [-0.39, 0.29) is 0 Å². The van der Waals surface area contributed by atoms with Gasteiger partial charge in [0.2, 0.25) is 0 Å². The van der Waals surface area contributed by atoms with Crippen LogP contribution >= 0.6 is 0 Å². The molecular weight excluding hydrogens is 250 g/mol. The lowest BCUT2D eigenvalue weighted by atomic mass is 10.3. The van der Waals surface area contributed by atoms with Gasteiger partial charge in [0.15, 0.2) is 0 Å². The molecule has 1 aromatic rings. The molecule has 20 heavy (non-hydrogen) atoms. The van der Waals surface area contributed by atoms with E-state index in [9.17, 15) is 0 Å². The van der Waals surface area contributed by atoms with Crippen molar-refractivity contribution in [2.45, 2.75) is 12.8 Å². The summed E-state index contributed by atoms with van der Waals surface area (Å²) in [5.74, 6) is 0. The van der Waals surface area contributed by atoms with Crippen LogP contribution in [0.1, 0.15) is 12.8 Å². The molecule has 0 aliphatic carbocycles. The molecule has 0 aromatic carbocycles. The third kappa shape index (κ3) is 12.0. The van der Waals surface area contributed by atoms with Crippen LogP contribution in [0.4, 0.5) is 0 Å². The Morgan fingerprint density at radius 1 is 0.500 bits per heavy atom. The van der Waals surface area contributed by atoms with Gasteiger partial charge < -0.3 is 21.3 Å². The fraction of sp³-hybridized carbons (Fsp3) is 0.667. The van der Waals surface area contributed by atoms with Gasteiger partial charge in [0, 0.05) is 38.6 Å². The van der Waals surface area contributed by atoms with Crippen LogP contribution < -0.4 is 21.3 Å². The minimum absolute atomic E-state index is 1.09. The van der Waals surface area contributed by atoms with Gasteiger partial charge in [0.1, 0.15) is 0 Å². The maximum atomic E-state index is 3.78. The van der Waals surface area contributed by atoms with Gasteiger partial charge in [-0.3, -0.25) is 4.98 Å². The topological polar surface area (TPSA) is 61.0 Å². The SMILES string of the molecule is C1CNCCNCCCNCCNC1.c1ccncc1. The molecule has 2 heterocycles. The van der Waals surface area contributed by atoms with Crippen molar-refractivity contribution in [3.05, 3.63) is 30.6 Å². The van der Waals surface area contributed by atoms with Crippen LogP contribution in [0.25, 0.3) is 0 Å². The first kappa shape index (κ1) is 17.0. The van der Waals surface area contributed by atoms with Crippen LogP contribution in [0.5, 0.6) is 0 Å². The number of nitrogens with one attached hydrogen (secondary N) is 4. The Balaban J connectivity index is 0.000000276. The molecule has 0 saturated carbocycles. The summed E-state index contributed by atoms with van der Waals surface area (Å²) in [7, 11) is 0. The van der Waals surface area contributed by atoms with Gasteiger partial charge in [-0.1, -0.05) is 6.07 Å². The van der Waals surface area contributed by atoms with Crippen LogP contribution in [0.3, 0.4) is 0 Å². The molecule has 114 valence electrons. The summed E-state index contributed by atoms with van der Waals surface area (Å²) in [6.07, 6.45) is 5.94. The molecule has 1 saturated heterocycles. The minimum Gasteiger partial charge on any atom is -0.315 e. The summed E-state index contributed by atoms with van der Waals surface area (Å²) in [5.41, 5.74) is 0. The second-order valence-corrected chi connectivity index (χ2v) is 4.73. The largest absolute Gasteiger partial charge is 0.315 e. The second-order valence-electron chi connectivity index (χ2n) is 4.73. The van der Waals surface area contributed by atoms with E-state index >= 15 is 0 Å². The zero-order chi connectivity index (χ0) is 14.1. The Bertz CT molecular complexity index is 201. The monoisotopic (exact) mass is 279 g/mol. The Morgan fingerprint density at radius 3 is 1.15 bits per heavy atom. The zero-order valence-electron chi connectivity index (χ0n) is 12.4. The van der Waals surface area contributed by atoms with Gasteiger partial charge in [0.05, 0.1) is 0 Å². The van der Waals surface area contributed by atoms with E-state index < -0.39 is 0 Å². The quantitative estimate of drug-likeness (QED) is 0.547. The summed E-state index contributed by atoms with van der Waals surface area (Å²) < 4.78 is 0. The third-order valence-corrected chi connectivity index (χ3v) is 2.94. The Morgan fingerprint density at radius 2 is 0.900 bits per heavy atom. The van der Waals surface area contributed by atoms with Gasteiger partial charge in [0.25, 0.3) is 0 Å². The van der Waals surface area contributed by atoms with Gasteiger partial charge in [-0.15, -0.1) is 0 Å². The van der Waals surface area contributed by atoms with Gasteiger partial charge in [-0.2, -0.15) is 0 Å². The molecule has 1 aliphatic heterocycles. The second kappa shape index (κ2) is 14.4. The molecule has 0 unspecified atom stereocenters. The predicted octanol–water partition coefficient (Wildman–Crippen LogP) is 0.220. The van der Waals surface area contributed by atoms with Crippen LogP contribution in [0, 0.1) is 0 Å². The molecule has 4 N–H and O–H groups in total. The normalized spacial score (nSPS) is 19.2. The maximum absolute atomic E-state index is 3.78. The van der Waals surface area contributed by atoms with Gasteiger partial charge >= 0.3 is 0 Å². The molecule has 1 aromatic heterocycles. The molecule has 0 bridgehead atoms. The average molecular weight is 279 g/mol. The van der Waals surface area contributed by atoms with Crippen LogP contribution in [0.2, 0.25) is 0 Å². The lowest BCUT2D eigenvalue weighted by molar-refractivity contribution is 0.530. The van der Waals surface area contributed by atoms with E-state index in [0.717, 1.165) is 52.4 Å². The van der Waals surface area contributed by atoms with Crippen molar-refractivity contribution in [2.24, 2.45) is 0 Å². The molecule has 5 heteroatoms. The number of hydrogen-bond donors (Lipinski definition) is 4. The Labute approximate surface area is 122 Å². The van der Waals surface area contributed by atoms with E-state index in [0.29, 0.717) is 0 Å². The molecule has 0 atom stereocenters. The molecule has 1 aliphatic rings. The van der Waals surface area contributed by atoms with Crippen LogP contribution in [-0.4, -0.2) is 57.3 Å². The summed E-state index contributed by atoms with van der Waals surface area (Å²) in [5, 5.41) is 13.7. The molecule has 5 nitrogen and oxygen atoms in total. The summed E-state index contributed by atoms with van der Waals surface area (Å²) in [6.45, 7) is 8.87. The van der Waals surface area contributed by atoms with Crippen molar-refractivity contribution < 1.29 is 0 Å². The number of rotatable bonds is 0. The smallest absolute Gasteiger partial charge is 0.0267 e. The van der Waals surface area contributed by atoms with Crippen molar-refractivity contribution in [3.8, 4) is 0 Å². The predicted molar refractivity (Wildman–Crippen MR) is 84.9 cm³/mol. The number of pyridine rings is 1. The Hall–Kier alpha value is -1.01. The summed E-state index contributed by atoms with van der Waals surface area (Å²) >= 11 is 0. The lowest BCUT2D eigenvalue weighted by Gasteiger charge is -2.10.